The number of carbonyl (C=O) groups is 1. The number of carbonyl (C=O) groups excluding carboxylic acids is 1. The van der Waals surface area contributed by atoms with Crippen molar-refractivity contribution >= 4 is 15.7 Å². The van der Waals surface area contributed by atoms with E-state index in [0.29, 0.717) is 24.0 Å². The van der Waals surface area contributed by atoms with E-state index in [1.165, 1.54) is 6.26 Å². The first-order valence-corrected chi connectivity index (χ1v) is 10.9. The highest BCUT2D eigenvalue weighted by Gasteiger charge is 2.34. The molecule has 1 aromatic heterocycles. The van der Waals surface area contributed by atoms with Crippen LogP contribution in [0.25, 0.3) is 5.69 Å². The van der Waals surface area contributed by atoms with Crippen molar-refractivity contribution in [2.45, 2.75) is 24.3 Å². The van der Waals surface area contributed by atoms with Crippen LogP contribution in [-0.4, -0.2) is 76.8 Å². The maximum Gasteiger partial charge on any atom is 0.225 e. The molecule has 0 spiro atoms. The van der Waals surface area contributed by atoms with E-state index in [1.54, 1.807) is 28.9 Å². The lowest BCUT2D eigenvalue weighted by Crippen LogP contribution is -2.49. The van der Waals surface area contributed by atoms with E-state index in [4.69, 9.17) is 0 Å². The zero-order chi connectivity index (χ0) is 19.0. The summed E-state index contributed by atoms with van der Waals surface area (Å²) in [6, 6.07) is 6.50. The first-order chi connectivity index (χ1) is 12.9. The van der Waals surface area contributed by atoms with E-state index < -0.39 is 9.84 Å². The Balaban J connectivity index is 1.41. The van der Waals surface area contributed by atoms with Crippen molar-refractivity contribution in [1.82, 2.24) is 30.0 Å². The summed E-state index contributed by atoms with van der Waals surface area (Å²) in [5.74, 6) is 1.24. The zero-order valence-corrected chi connectivity index (χ0v) is 16.0. The van der Waals surface area contributed by atoms with Crippen molar-refractivity contribution < 1.29 is 13.2 Å². The molecular formula is C17H22N6O3S. The second-order valence-electron chi connectivity index (χ2n) is 7.15. The van der Waals surface area contributed by atoms with Gasteiger partial charge in [0.15, 0.2) is 15.7 Å². The maximum absolute atomic E-state index is 12.1. The van der Waals surface area contributed by atoms with Gasteiger partial charge in [-0.1, -0.05) is 0 Å². The molecule has 144 valence electrons. The van der Waals surface area contributed by atoms with Crippen LogP contribution in [-0.2, 0) is 21.2 Å². The third-order valence-corrected chi connectivity index (χ3v) is 6.15. The third kappa shape index (κ3) is 4.01. The van der Waals surface area contributed by atoms with Crippen LogP contribution in [0.1, 0.15) is 18.7 Å². The number of hydrogen-bond donors (Lipinski definition) is 0. The van der Waals surface area contributed by atoms with E-state index in [2.05, 4.69) is 20.4 Å². The van der Waals surface area contributed by atoms with Crippen LogP contribution >= 0.6 is 0 Å². The first-order valence-electron chi connectivity index (χ1n) is 9.01. The molecule has 0 radical (unpaired) electrons. The Morgan fingerprint density at radius 3 is 2.37 bits per heavy atom. The van der Waals surface area contributed by atoms with Gasteiger partial charge in [0.05, 0.1) is 17.1 Å². The van der Waals surface area contributed by atoms with E-state index in [1.807, 2.05) is 4.90 Å². The molecule has 1 aliphatic carbocycles. The molecule has 1 saturated heterocycles. The van der Waals surface area contributed by atoms with Crippen LogP contribution < -0.4 is 0 Å². The van der Waals surface area contributed by atoms with E-state index in [0.717, 1.165) is 39.0 Å². The molecule has 10 heteroatoms. The lowest BCUT2D eigenvalue weighted by Gasteiger charge is -2.34. The predicted octanol–water partition coefficient (Wildman–Crippen LogP) is 0.120. The standard InChI is InChI=1S/C17H22N6O3S/c1-27(25,26)15-6-4-14(5-7-15)23-16(18-19-20-23)12-21-8-10-22(11-9-21)17(24)13-2-3-13/h4-7,13H,2-3,8-12H2,1H3. The van der Waals surface area contributed by atoms with Gasteiger partial charge >= 0.3 is 0 Å². The fourth-order valence-electron chi connectivity index (χ4n) is 3.25. The van der Waals surface area contributed by atoms with Crippen molar-refractivity contribution in [3.05, 3.63) is 30.1 Å². The average Bonchev–Trinajstić information content (AvgIpc) is 3.41. The topological polar surface area (TPSA) is 101 Å². The molecule has 0 bridgehead atoms. The fraction of sp³-hybridized carbons (Fsp3) is 0.529. The summed E-state index contributed by atoms with van der Waals surface area (Å²) in [6.45, 7) is 3.63. The van der Waals surface area contributed by atoms with Gasteiger partial charge in [0.25, 0.3) is 0 Å². The van der Waals surface area contributed by atoms with Gasteiger partial charge in [-0.2, -0.15) is 4.68 Å². The number of benzene rings is 1. The number of hydrogen-bond acceptors (Lipinski definition) is 7. The van der Waals surface area contributed by atoms with E-state index in [-0.39, 0.29) is 10.8 Å². The third-order valence-electron chi connectivity index (χ3n) is 5.02. The smallest absolute Gasteiger partial charge is 0.225 e. The van der Waals surface area contributed by atoms with Crippen LogP contribution in [0.4, 0.5) is 0 Å². The molecule has 0 atom stereocenters. The molecule has 9 nitrogen and oxygen atoms in total. The molecule has 27 heavy (non-hydrogen) atoms. The van der Waals surface area contributed by atoms with Gasteiger partial charge in [0.1, 0.15) is 0 Å². The van der Waals surface area contributed by atoms with Gasteiger partial charge in [-0.25, -0.2) is 8.42 Å². The van der Waals surface area contributed by atoms with Crippen LogP contribution in [0.15, 0.2) is 29.2 Å². The van der Waals surface area contributed by atoms with Crippen molar-refractivity contribution in [2.24, 2.45) is 5.92 Å². The number of rotatable bonds is 5. The van der Waals surface area contributed by atoms with Crippen molar-refractivity contribution in [2.75, 3.05) is 32.4 Å². The highest BCUT2D eigenvalue weighted by molar-refractivity contribution is 7.90. The lowest BCUT2D eigenvalue weighted by atomic mass is 10.2. The van der Waals surface area contributed by atoms with Crippen molar-refractivity contribution in [3.63, 3.8) is 0 Å². The second kappa shape index (κ2) is 7.01. The average molecular weight is 390 g/mol. The van der Waals surface area contributed by atoms with Gasteiger partial charge in [0.2, 0.25) is 5.91 Å². The molecule has 2 aliphatic rings. The molecule has 4 rings (SSSR count). The van der Waals surface area contributed by atoms with Gasteiger partial charge < -0.3 is 4.90 Å². The summed E-state index contributed by atoms with van der Waals surface area (Å²) in [5, 5.41) is 11.9. The Labute approximate surface area is 157 Å². The van der Waals surface area contributed by atoms with Crippen molar-refractivity contribution in [3.8, 4) is 5.69 Å². The summed E-state index contributed by atoms with van der Waals surface area (Å²) in [6.07, 6.45) is 3.25. The van der Waals surface area contributed by atoms with Crippen LogP contribution in [0.5, 0.6) is 0 Å². The first kappa shape index (κ1) is 18.1. The molecule has 1 aliphatic heterocycles. The molecule has 1 amide bonds. The predicted molar refractivity (Wildman–Crippen MR) is 96.8 cm³/mol. The molecule has 0 unspecified atom stereocenters. The minimum Gasteiger partial charge on any atom is -0.340 e. The summed E-state index contributed by atoms with van der Waals surface area (Å²) in [5.41, 5.74) is 0.713. The Bertz CT molecular complexity index is 928. The Morgan fingerprint density at radius 1 is 1.11 bits per heavy atom. The summed E-state index contributed by atoms with van der Waals surface area (Å²) in [4.78, 5) is 16.6. The number of nitrogens with zero attached hydrogens (tertiary/aromatic N) is 6. The second-order valence-corrected chi connectivity index (χ2v) is 9.16. The highest BCUT2D eigenvalue weighted by atomic mass is 32.2. The summed E-state index contributed by atoms with van der Waals surface area (Å²) >= 11 is 0. The normalized spacial score (nSPS) is 18.6. The number of amides is 1. The van der Waals surface area contributed by atoms with Crippen LogP contribution in [0, 0.1) is 5.92 Å². The minimum atomic E-state index is -3.24. The quantitative estimate of drug-likeness (QED) is 0.715. The summed E-state index contributed by atoms with van der Waals surface area (Å²) < 4.78 is 24.8. The molecule has 2 fully saturated rings. The van der Waals surface area contributed by atoms with Crippen LogP contribution in [0.2, 0.25) is 0 Å². The molecule has 2 heterocycles. The van der Waals surface area contributed by atoms with E-state index in [9.17, 15) is 13.2 Å². The number of aromatic nitrogens is 4. The lowest BCUT2D eigenvalue weighted by molar-refractivity contribution is -0.134. The van der Waals surface area contributed by atoms with Gasteiger partial charge in [-0.05, 0) is 47.5 Å². The Hall–Kier alpha value is -2.33. The zero-order valence-electron chi connectivity index (χ0n) is 15.2. The van der Waals surface area contributed by atoms with Crippen LogP contribution in [0.3, 0.4) is 0 Å². The molecule has 1 saturated carbocycles. The molecule has 0 N–H and O–H groups in total. The van der Waals surface area contributed by atoms with Gasteiger partial charge in [-0.3, -0.25) is 9.69 Å². The summed E-state index contributed by atoms with van der Waals surface area (Å²) in [7, 11) is -3.24. The molecular weight excluding hydrogens is 368 g/mol. The van der Waals surface area contributed by atoms with Gasteiger partial charge in [-0.15, -0.1) is 5.10 Å². The molecule has 1 aromatic carbocycles. The number of sulfone groups is 1. The van der Waals surface area contributed by atoms with Crippen molar-refractivity contribution in [1.29, 1.82) is 0 Å². The fourth-order valence-corrected chi connectivity index (χ4v) is 3.88. The highest BCUT2D eigenvalue weighted by Crippen LogP contribution is 2.31. The Kier molecular flexibility index (Phi) is 4.68. The maximum atomic E-state index is 12.1. The van der Waals surface area contributed by atoms with Gasteiger partial charge in [0, 0.05) is 38.4 Å². The largest absolute Gasteiger partial charge is 0.340 e. The minimum absolute atomic E-state index is 0.261. The van der Waals surface area contributed by atoms with E-state index >= 15 is 0 Å². The number of tetrazole rings is 1. The SMILES string of the molecule is CS(=O)(=O)c1ccc(-n2nnnc2CN2CCN(C(=O)C3CC3)CC2)cc1. The Morgan fingerprint density at radius 2 is 1.78 bits per heavy atom. The number of piperazine rings is 1. The molecule has 2 aromatic rings. The monoisotopic (exact) mass is 390 g/mol.